The van der Waals surface area contributed by atoms with Crippen LogP contribution in [-0.4, -0.2) is 29.6 Å². The van der Waals surface area contributed by atoms with E-state index < -0.39 is 17.9 Å². The van der Waals surface area contributed by atoms with Crippen LogP contribution in [0.4, 0.5) is 4.79 Å². The Labute approximate surface area is 93.7 Å². The molecule has 0 atom stereocenters. The number of rotatable bonds is 7. The van der Waals surface area contributed by atoms with E-state index in [1.54, 1.807) is 0 Å². The lowest BCUT2D eigenvalue weighted by atomic mass is 10.2. The maximum Gasteiger partial charge on any atom is 0.321 e. The Kier molecular flexibility index (Phi) is 7.48. The van der Waals surface area contributed by atoms with E-state index in [4.69, 9.17) is 5.11 Å². The third-order valence-electron chi connectivity index (χ3n) is 1.70. The topological polar surface area (TPSA) is 95.5 Å². The zero-order valence-electron chi connectivity index (χ0n) is 8.99. The number of carbonyl (C=O) groups excluding carboxylic acids is 2. The molecule has 0 aromatic carbocycles. The summed E-state index contributed by atoms with van der Waals surface area (Å²) in [5, 5.41) is 12.9. The number of carbonyl (C=O) groups is 3. The number of urea groups is 1. The van der Waals surface area contributed by atoms with Crippen LogP contribution in [0.25, 0.3) is 0 Å². The third kappa shape index (κ3) is 8.74. The highest BCUT2D eigenvalue weighted by atomic mass is 16.4. The van der Waals surface area contributed by atoms with Gasteiger partial charge < -0.3 is 10.4 Å². The van der Waals surface area contributed by atoms with Crippen molar-refractivity contribution in [3.05, 3.63) is 12.7 Å². The molecule has 0 saturated carbocycles. The Balaban J connectivity index is 3.54. The fraction of sp³-hybridized carbons (Fsp3) is 0.500. The first-order valence-corrected chi connectivity index (χ1v) is 4.96. The summed E-state index contributed by atoms with van der Waals surface area (Å²) in [6.45, 7) is 3.70. The fourth-order valence-electron chi connectivity index (χ4n) is 0.960. The minimum atomic E-state index is -0.885. The van der Waals surface area contributed by atoms with Gasteiger partial charge in [0.05, 0.1) is 0 Å². The van der Waals surface area contributed by atoms with Gasteiger partial charge in [-0.25, -0.2) is 4.79 Å². The van der Waals surface area contributed by atoms with Crippen LogP contribution in [0.15, 0.2) is 12.7 Å². The van der Waals surface area contributed by atoms with E-state index in [0.717, 1.165) is 0 Å². The van der Waals surface area contributed by atoms with Crippen LogP contribution < -0.4 is 10.6 Å². The van der Waals surface area contributed by atoms with Crippen LogP contribution in [-0.2, 0) is 9.59 Å². The highest BCUT2D eigenvalue weighted by Gasteiger charge is 2.06. The van der Waals surface area contributed by atoms with Crippen molar-refractivity contribution in [2.45, 2.75) is 25.7 Å². The smallest absolute Gasteiger partial charge is 0.321 e. The molecule has 0 fully saturated rings. The number of amides is 3. The van der Waals surface area contributed by atoms with Gasteiger partial charge in [0, 0.05) is 19.4 Å². The van der Waals surface area contributed by atoms with Crippen molar-refractivity contribution in [1.29, 1.82) is 0 Å². The van der Waals surface area contributed by atoms with Crippen LogP contribution in [0.1, 0.15) is 25.7 Å². The van der Waals surface area contributed by atoms with Gasteiger partial charge in [0.15, 0.2) is 0 Å². The minimum absolute atomic E-state index is 0.0376. The maximum absolute atomic E-state index is 11.1. The molecule has 0 bridgehead atoms. The lowest BCUT2D eigenvalue weighted by molar-refractivity contribution is -0.137. The van der Waals surface area contributed by atoms with E-state index in [1.165, 1.54) is 6.08 Å². The zero-order valence-corrected chi connectivity index (χ0v) is 8.99. The first kappa shape index (κ1) is 14.2. The Hall–Kier alpha value is -1.85. The summed E-state index contributed by atoms with van der Waals surface area (Å²) in [6.07, 6.45) is 2.56. The van der Waals surface area contributed by atoms with E-state index in [1.807, 2.05) is 0 Å². The van der Waals surface area contributed by atoms with Crippen molar-refractivity contribution < 1.29 is 19.5 Å². The van der Waals surface area contributed by atoms with Gasteiger partial charge in [-0.15, -0.1) is 6.58 Å². The molecule has 0 aromatic rings. The van der Waals surface area contributed by atoms with Gasteiger partial charge in [0.1, 0.15) is 0 Å². The molecule has 6 heteroatoms. The van der Waals surface area contributed by atoms with Crippen LogP contribution in [0.5, 0.6) is 0 Å². The summed E-state index contributed by atoms with van der Waals surface area (Å²) >= 11 is 0. The van der Waals surface area contributed by atoms with Crippen molar-refractivity contribution >= 4 is 17.9 Å². The van der Waals surface area contributed by atoms with Crippen molar-refractivity contribution in [3.63, 3.8) is 0 Å². The van der Waals surface area contributed by atoms with Gasteiger partial charge in [0.25, 0.3) is 0 Å². The van der Waals surface area contributed by atoms with E-state index in [2.05, 4.69) is 17.2 Å². The molecule has 0 aromatic heterocycles. The number of aliphatic carboxylic acids is 1. The molecular formula is C10H16N2O4. The predicted octanol–water partition coefficient (Wildman–Crippen LogP) is 0.643. The van der Waals surface area contributed by atoms with Crippen LogP contribution >= 0.6 is 0 Å². The molecule has 0 rings (SSSR count). The van der Waals surface area contributed by atoms with Crippen molar-refractivity contribution in [2.24, 2.45) is 0 Å². The van der Waals surface area contributed by atoms with Gasteiger partial charge in [-0.2, -0.15) is 0 Å². The molecule has 0 heterocycles. The Morgan fingerprint density at radius 3 is 2.38 bits per heavy atom. The molecule has 16 heavy (non-hydrogen) atoms. The van der Waals surface area contributed by atoms with Gasteiger partial charge in [-0.05, 0) is 12.8 Å². The summed E-state index contributed by atoms with van der Waals surface area (Å²) in [5.41, 5.74) is 0. The van der Waals surface area contributed by atoms with Gasteiger partial charge in [-0.3, -0.25) is 14.9 Å². The molecule has 3 amide bonds. The molecule has 0 saturated heterocycles. The Bertz CT molecular complexity index is 276. The number of carboxylic acid groups (broad SMARTS) is 1. The number of nitrogens with one attached hydrogen (secondary N) is 2. The molecule has 3 N–H and O–H groups in total. The molecule has 0 unspecified atom stereocenters. The predicted molar refractivity (Wildman–Crippen MR) is 57.8 cm³/mol. The SMILES string of the molecule is C=CCNC(=O)NC(=O)CCCCC(=O)O. The Morgan fingerprint density at radius 2 is 1.81 bits per heavy atom. The molecular weight excluding hydrogens is 212 g/mol. The molecule has 0 radical (unpaired) electrons. The largest absolute Gasteiger partial charge is 0.481 e. The van der Waals surface area contributed by atoms with Crippen LogP contribution in [0.3, 0.4) is 0 Å². The van der Waals surface area contributed by atoms with Crippen molar-refractivity contribution in [2.75, 3.05) is 6.54 Å². The number of hydrogen-bond acceptors (Lipinski definition) is 3. The van der Waals surface area contributed by atoms with Crippen LogP contribution in [0, 0.1) is 0 Å². The lowest BCUT2D eigenvalue weighted by Gasteiger charge is -2.04. The first-order valence-electron chi connectivity index (χ1n) is 4.96. The van der Waals surface area contributed by atoms with Gasteiger partial charge in [-0.1, -0.05) is 6.08 Å². The van der Waals surface area contributed by atoms with E-state index >= 15 is 0 Å². The summed E-state index contributed by atoms with van der Waals surface area (Å²) in [5.74, 6) is -1.30. The molecule has 6 nitrogen and oxygen atoms in total. The van der Waals surface area contributed by atoms with E-state index in [0.29, 0.717) is 12.8 Å². The molecule has 0 aliphatic carbocycles. The normalized spacial score (nSPS) is 9.25. The fourth-order valence-corrected chi connectivity index (χ4v) is 0.960. The number of carboxylic acids is 1. The second-order valence-corrected chi connectivity index (χ2v) is 3.15. The van der Waals surface area contributed by atoms with Gasteiger partial charge in [0.2, 0.25) is 5.91 Å². The molecule has 0 aliphatic heterocycles. The summed E-state index contributed by atoms with van der Waals surface area (Å²) in [6, 6.07) is -0.567. The monoisotopic (exact) mass is 228 g/mol. The average Bonchev–Trinajstić information content (AvgIpc) is 2.21. The van der Waals surface area contributed by atoms with Crippen LogP contribution in [0.2, 0.25) is 0 Å². The van der Waals surface area contributed by atoms with Gasteiger partial charge >= 0.3 is 12.0 Å². The average molecular weight is 228 g/mol. The second kappa shape index (κ2) is 8.46. The number of hydrogen-bond donors (Lipinski definition) is 3. The second-order valence-electron chi connectivity index (χ2n) is 3.15. The first-order chi connectivity index (χ1) is 7.56. The number of unbranched alkanes of at least 4 members (excludes halogenated alkanes) is 1. The molecule has 90 valence electrons. The molecule has 0 spiro atoms. The third-order valence-corrected chi connectivity index (χ3v) is 1.70. The maximum atomic E-state index is 11.1. The van der Waals surface area contributed by atoms with E-state index in [-0.39, 0.29) is 19.4 Å². The lowest BCUT2D eigenvalue weighted by Crippen LogP contribution is -2.39. The standard InChI is InChI=1S/C10H16N2O4/c1-2-7-11-10(16)12-8(13)5-3-4-6-9(14)15/h2H,1,3-7H2,(H,14,15)(H2,11,12,13,16). The summed E-state index contributed by atoms with van der Waals surface area (Å²) in [4.78, 5) is 32.3. The zero-order chi connectivity index (χ0) is 12.4. The highest BCUT2D eigenvalue weighted by Crippen LogP contribution is 1.99. The van der Waals surface area contributed by atoms with E-state index in [9.17, 15) is 14.4 Å². The van der Waals surface area contributed by atoms with Crippen molar-refractivity contribution in [3.8, 4) is 0 Å². The van der Waals surface area contributed by atoms with Crippen molar-refractivity contribution in [1.82, 2.24) is 10.6 Å². The molecule has 0 aliphatic rings. The quantitative estimate of drug-likeness (QED) is 0.440. The number of imide groups is 1. The summed E-state index contributed by atoms with van der Waals surface area (Å²) in [7, 11) is 0. The minimum Gasteiger partial charge on any atom is -0.481 e. The summed E-state index contributed by atoms with van der Waals surface area (Å²) < 4.78 is 0. The Morgan fingerprint density at radius 1 is 1.19 bits per heavy atom. The highest BCUT2D eigenvalue weighted by molar-refractivity contribution is 5.94.